The maximum atomic E-state index is 4.50. The van der Waals surface area contributed by atoms with Gasteiger partial charge in [0.05, 0.1) is 21.9 Å². The second-order valence-corrected chi connectivity index (χ2v) is 2.62. The molecule has 0 aliphatic rings. The van der Waals surface area contributed by atoms with Crippen molar-refractivity contribution >= 4 is 34.1 Å². The van der Waals surface area contributed by atoms with Crippen LogP contribution in [0.1, 0.15) is 0 Å². The number of hydrogen-bond acceptors (Lipinski definition) is 4. The Kier molecular flexibility index (Phi) is 2.08. The number of hydrogen-bond donors (Lipinski definition) is 0. The van der Waals surface area contributed by atoms with E-state index in [2.05, 4.69) is 32.3 Å². The molecule has 0 radical (unpaired) electrons. The summed E-state index contributed by atoms with van der Waals surface area (Å²) in [4.78, 5) is 12.1. The highest BCUT2D eigenvalue weighted by Gasteiger charge is 1.95. The highest BCUT2D eigenvalue weighted by atomic mass is 32.1. The molecule has 0 fully saturated rings. The quantitative estimate of drug-likeness (QED) is 0.508. The lowest BCUT2D eigenvalue weighted by Gasteiger charge is -1.94. The molecular weight excluding hydrogens is 182 g/mol. The van der Waals surface area contributed by atoms with E-state index in [0.717, 1.165) is 16.7 Å². The fourth-order valence-corrected chi connectivity index (χ4v) is 1.18. The van der Waals surface area contributed by atoms with Gasteiger partial charge < -0.3 is 0 Å². The Hall–Kier alpha value is -1.64. The van der Waals surface area contributed by atoms with E-state index >= 15 is 0 Å². The van der Waals surface area contributed by atoms with Gasteiger partial charge in [-0.1, -0.05) is 0 Å². The molecule has 0 aliphatic carbocycles. The van der Waals surface area contributed by atoms with Gasteiger partial charge in [0.15, 0.2) is 0 Å². The van der Waals surface area contributed by atoms with E-state index in [9.17, 15) is 0 Å². The summed E-state index contributed by atoms with van der Waals surface area (Å²) in [5.74, 6) is 0. The van der Waals surface area contributed by atoms with Gasteiger partial charge in [-0.05, 0) is 30.4 Å². The molecule has 2 aromatic rings. The number of aromatic nitrogens is 2. The second-order valence-electron chi connectivity index (χ2n) is 2.43. The molecule has 0 saturated carbocycles. The third kappa shape index (κ3) is 1.59. The Morgan fingerprint density at radius 2 is 1.92 bits per heavy atom. The molecule has 4 heteroatoms. The van der Waals surface area contributed by atoms with Crippen molar-refractivity contribution in [1.29, 1.82) is 0 Å². The summed E-state index contributed by atoms with van der Waals surface area (Å²) in [6.45, 7) is 0. The van der Waals surface area contributed by atoms with Gasteiger partial charge in [-0.25, -0.2) is 0 Å². The molecule has 1 aromatic heterocycles. The van der Waals surface area contributed by atoms with E-state index in [4.69, 9.17) is 0 Å². The first kappa shape index (κ1) is 7.98. The number of isothiocyanates is 1. The number of aliphatic imine (C=N–C) groups is 1. The molecule has 0 unspecified atom stereocenters. The summed E-state index contributed by atoms with van der Waals surface area (Å²) in [7, 11) is 0. The molecule has 62 valence electrons. The Morgan fingerprint density at radius 1 is 1.15 bits per heavy atom. The van der Waals surface area contributed by atoms with E-state index < -0.39 is 0 Å². The number of nitrogens with zero attached hydrogens (tertiary/aromatic N) is 3. The lowest BCUT2D eigenvalue weighted by atomic mass is 10.3. The summed E-state index contributed by atoms with van der Waals surface area (Å²) in [6.07, 6.45) is 3.30. The van der Waals surface area contributed by atoms with Crippen molar-refractivity contribution in [3.63, 3.8) is 0 Å². The summed E-state index contributed by atoms with van der Waals surface area (Å²) in [6, 6.07) is 5.51. The highest BCUT2D eigenvalue weighted by Crippen LogP contribution is 2.16. The maximum absolute atomic E-state index is 4.50. The topological polar surface area (TPSA) is 38.1 Å². The molecule has 0 spiro atoms. The Morgan fingerprint density at radius 3 is 2.69 bits per heavy atom. The first-order valence-corrected chi connectivity index (χ1v) is 4.09. The average Bonchev–Trinajstić information content (AvgIpc) is 2.18. The fraction of sp³-hybridized carbons (Fsp3) is 0. The van der Waals surface area contributed by atoms with E-state index in [0.29, 0.717) is 0 Å². The number of benzene rings is 1. The SMILES string of the molecule is S=C=Nc1ccc2nccnc2c1. The second kappa shape index (κ2) is 3.39. The molecule has 13 heavy (non-hydrogen) atoms. The lowest BCUT2D eigenvalue weighted by Crippen LogP contribution is -1.80. The minimum Gasteiger partial charge on any atom is -0.253 e. The predicted molar refractivity (Wildman–Crippen MR) is 54.2 cm³/mol. The van der Waals surface area contributed by atoms with Crippen molar-refractivity contribution in [3.05, 3.63) is 30.6 Å². The smallest absolute Gasteiger partial charge is 0.0908 e. The van der Waals surface area contributed by atoms with Gasteiger partial charge in [-0.2, -0.15) is 4.99 Å². The van der Waals surface area contributed by atoms with Crippen LogP contribution in [0.25, 0.3) is 11.0 Å². The van der Waals surface area contributed by atoms with E-state index in [1.165, 1.54) is 0 Å². The van der Waals surface area contributed by atoms with Gasteiger partial charge in [0.25, 0.3) is 0 Å². The van der Waals surface area contributed by atoms with Crippen molar-refractivity contribution < 1.29 is 0 Å². The number of fused-ring (bicyclic) bond motifs is 1. The monoisotopic (exact) mass is 187 g/mol. The summed E-state index contributed by atoms with van der Waals surface area (Å²) >= 11 is 4.50. The number of rotatable bonds is 1. The van der Waals surface area contributed by atoms with Crippen LogP contribution in [0.5, 0.6) is 0 Å². The Bertz CT molecular complexity index is 489. The maximum Gasteiger partial charge on any atom is 0.0908 e. The standard InChI is InChI=1S/C9H5N3S/c13-6-12-7-1-2-8-9(5-7)11-4-3-10-8/h1-5H. The molecule has 0 aliphatic heterocycles. The zero-order valence-corrected chi connectivity index (χ0v) is 7.45. The lowest BCUT2D eigenvalue weighted by molar-refractivity contribution is 1.29. The average molecular weight is 187 g/mol. The molecular formula is C9H5N3S. The molecule has 3 nitrogen and oxygen atoms in total. The molecule has 2 rings (SSSR count). The van der Waals surface area contributed by atoms with Crippen LogP contribution in [0.15, 0.2) is 35.6 Å². The van der Waals surface area contributed by atoms with Gasteiger partial charge >= 0.3 is 0 Å². The van der Waals surface area contributed by atoms with Gasteiger partial charge in [0.2, 0.25) is 0 Å². The molecule has 1 aromatic carbocycles. The largest absolute Gasteiger partial charge is 0.253 e. The van der Waals surface area contributed by atoms with Crippen molar-refractivity contribution in [1.82, 2.24) is 9.97 Å². The van der Waals surface area contributed by atoms with E-state index in [1.807, 2.05) is 18.2 Å². The summed E-state index contributed by atoms with van der Waals surface area (Å²) in [5, 5.41) is 2.31. The number of thiocarbonyl (C=S) groups is 1. The van der Waals surface area contributed by atoms with Crippen molar-refractivity contribution in [2.75, 3.05) is 0 Å². The van der Waals surface area contributed by atoms with Gasteiger partial charge in [0.1, 0.15) is 0 Å². The van der Waals surface area contributed by atoms with Crippen LogP contribution < -0.4 is 0 Å². The normalized spacial score (nSPS) is 9.54. The third-order valence-electron chi connectivity index (χ3n) is 1.63. The van der Waals surface area contributed by atoms with E-state index in [-0.39, 0.29) is 0 Å². The van der Waals surface area contributed by atoms with Crippen LogP contribution in [0.2, 0.25) is 0 Å². The molecule has 0 saturated heterocycles. The zero-order valence-electron chi connectivity index (χ0n) is 6.64. The molecule has 1 heterocycles. The van der Waals surface area contributed by atoms with Gasteiger partial charge in [0, 0.05) is 12.4 Å². The molecule has 0 atom stereocenters. The van der Waals surface area contributed by atoms with Crippen molar-refractivity contribution in [2.45, 2.75) is 0 Å². The third-order valence-corrected chi connectivity index (χ3v) is 1.72. The predicted octanol–water partition coefficient (Wildman–Crippen LogP) is 2.36. The highest BCUT2D eigenvalue weighted by molar-refractivity contribution is 7.78. The minimum absolute atomic E-state index is 0.753. The van der Waals surface area contributed by atoms with Crippen molar-refractivity contribution in [2.24, 2.45) is 4.99 Å². The van der Waals surface area contributed by atoms with Gasteiger partial charge in [-0.3, -0.25) is 9.97 Å². The Balaban J connectivity index is 2.68. The van der Waals surface area contributed by atoms with Gasteiger partial charge in [-0.15, -0.1) is 0 Å². The molecule has 0 bridgehead atoms. The van der Waals surface area contributed by atoms with Crippen LogP contribution in [0.3, 0.4) is 0 Å². The van der Waals surface area contributed by atoms with Crippen LogP contribution in [-0.4, -0.2) is 15.1 Å². The fourth-order valence-electron chi connectivity index (χ4n) is 1.07. The summed E-state index contributed by atoms with van der Waals surface area (Å²) in [5.41, 5.74) is 2.42. The zero-order chi connectivity index (χ0) is 9.10. The van der Waals surface area contributed by atoms with Crippen LogP contribution >= 0.6 is 12.2 Å². The molecule has 0 amide bonds. The van der Waals surface area contributed by atoms with E-state index in [1.54, 1.807) is 12.4 Å². The van der Waals surface area contributed by atoms with Crippen LogP contribution in [0, 0.1) is 0 Å². The Labute approximate surface area is 80.2 Å². The first-order chi connectivity index (χ1) is 6.40. The van der Waals surface area contributed by atoms with Crippen molar-refractivity contribution in [3.8, 4) is 0 Å². The van der Waals surface area contributed by atoms with Crippen LogP contribution in [0.4, 0.5) is 5.69 Å². The first-order valence-electron chi connectivity index (χ1n) is 3.69. The molecule has 0 N–H and O–H groups in total. The van der Waals surface area contributed by atoms with Crippen LogP contribution in [-0.2, 0) is 0 Å². The summed E-state index contributed by atoms with van der Waals surface area (Å²) < 4.78 is 0. The minimum atomic E-state index is 0.753.